The maximum atomic E-state index is 12.8. The summed E-state index contributed by atoms with van der Waals surface area (Å²) in [6.45, 7) is 6.68. The van der Waals surface area contributed by atoms with Crippen LogP contribution in [0.1, 0.15) is 26.3 Å². The van der Waals surface area contributed by atoms with Crippen LogP contribution in [-0.4, -0.2) is 13.9 Å². The van der Waals surface area contributed by atoms with E-state index in [0.29, 0.717) is 5.39 Å². The lowest BCUT2D eigenvalue weighted by Crippen LogP contribution is -2.28. The normalized spacial score (nSPS) is 13.2. The van der Waals surface area contributed by atoms with Gasteiger partial charge < -0.3 is 4.18 Å². The van der Waals surface area contributed by atoms with Crippen molar-refractivity contribution in [2.75, 3.05) is 0 Å². The van der Waals surface area contributed by atoms with Gasteiger partial charge in [0.1, 0.15) is 5.75 Å². The van der Waals surface area contributed by atoms with E-state index in [9.17, 15) is 21.6 Å². The summed E-state index contributed by atoms with van der Waals surface area (Å²) in [4.78, 5) is 0. The number of rotatable bonds is 3. The van der Waals surface area contributed by atoms with Gasteiger partial charge in [0.2, 0.25) is 0 Å². The number of benzene rings is 7. The highest BCUT2D eigenvalue weighted by atomic mass is 32.2. The molecule has 0 unspecified atom stereocenters. The van der Waals surface area contributed by atoms with E-state index in [2.05, 4.69) is 85.6 Å². The van der Waals surface area contributed by atoms with Crippen LogP contribution in [0.15, 0.2) is 97.1 Å². The average molecular weight is 583 g/mol. The van der Waals surface area contributed by atoms with Gasteiger partial charge in [-0.25, -0.2) is 0 Å². The fourth-order valence-electron chi connectivity index (χ4n) is 6.00. The van der Waals surface area contributed by atoms with E-state index in [0.717, 1.165) is 21.9 Å². The minimum atomic E-state index is -5.75. The molecule has 0 N–H and O–H groups in total. The molecule has 7 aromatic carbocycles. The molecule has 0 aromatic heterocycles. The number of hydrogen-bond donors (Lipinski definition) is 0. The second kappa shape index (κ2) is 8.82. The van der Waals surface area contributed by atoms with Gasteiger partial charge in [0, 0.05) is 0 Å². The highest BCUT2D eigenvalue weighted by Crippen LogP contribution is 2.45. The Bertz CT molecular complexity index is 2310. The van der Waals surface area contributed by atoms with Gasteiger partial charge in [0.25, 0.3) is 0 Å². The fourth-order valence-corrected chi connectivity index (χ4v) is 6.45. The lowest BCUT2D eigenvalue weighted by atomic mass is 9.81. The lowest BCUT2D eigenvalue weighted by Gasteiger charge is -2.23. The number of halogens is 3. The topological polar surface area (TPSA) is 43.4 Å². The minimum absolute atomic E-state index is 0.0103. The molecule has 0 saturated carbocycles. The standard InChI is InChI=1S/C35H25F3O3S/c1-34(2,3)24-17-23-11-13-29-26(14-15-30-27-6-4-5-7-28(27)31(19-24)32(23)33(29)30)22-9-8-21-18-25(12-10-20(21)16-22)41-42(39,40)35(36,37)38/h4-19H,1-3H3. The molecule has 0 aliphatic rings. The molecule has 0 heterocycles. The molecule has 3 nitrogen and oxygen atoms in total. The maximum Gasteiger partial charge on any atom is 0.534 e. The third-order valence-corrected chi connectivity index (χ3v) is 9.06. The first kappa shape index (κ1) is 26.5. The smallest absolute Gasteiger partial charge is 0.376 e. The van der Waals surface area contributed by atoms with Crippen molar-refractivity contribution in [1.29, 1.82) is 0 Å². The first-order valence-corrected chi connectivity index (χ1v) is 14.9. The van der Waals surface area contributed by atoms with Crippen molar-refractivity contribution in [3.05, 3.63) is 103 Å². The van der Waals surface area contributed by atoms with Crippen LogP contribution in [0.4, 0.5) is 13.2 Å². The minimum Gasteiger partial charge on any atom is -0.376 e. The van der Waals surface area contributed by atoms with Gasteiger partial charge in [-0.05, 0) is 100 Å². The van der Waals surface area contributed by atoms with Gasteiger partial charge in [-0.3, -0.25) is 0 Å². The van der Waals surface area contributed by atoms with E-state index in [4.69, 9.17) is 0 Å². The Hall–Kier alpha value is -4.36. The first-order chi connectivity index (χ1) is 19.8. The quantitative estimate of drug-likeness (QED) is 0.0901. The Balaban J connectivity index is 1.44. The predicted octanol–water partition coefficient (Wildman–Crippen LogP) is 10.1. The third-order valence-electron chi connectivity index (χ3n) is 8.08. The molecule has 0 aliphatic carbocycles. The van der Waals surface area contributed by atoms with Crippen LogP contribution < -0.4 is 4.18 Å². The van der Waals surface area contributed by atoms with Crippen LogP contribution in [0.5, 0.6) is 5.75 Å². The highest BCUT2D eigenvalue weighted by molar-refractivity contribution is 7.88. The van der Waals surface area contributed by atoms with Crippen LogP contribution in [0.3, 0.4) is 0 Å². The van der Waals surface area contributed by atoms with Crippen molar-refractivity contribution in [2.24, 2.45) is 0 Å². The Morgan fingerprint density at radius 1 is 0.595 bits per heavy atom. The van der Waals surface area contributed by atoms with Gasteiger partial charge >= 0.3 is 15.6 Å². The largest absolute Gasteiger partial charge is 0.534 e. The van der Waals surface area contributed by atoms with Crippen molar-refractivity contribution in [3.63, 3.8) is 0 Å². The van der Waals surface area contributed by atoms with Crippen LogP contribution in [0, 0.1) is 0 Å². The molecule has 0 bridgehead atoms. The van der Waals surface area contributed by atoms with E-state index >= 15 is 0 Å². The van der Waals surface area contributed by atoms with Gasteiger partial charge in [-0.15, -0.1) is 0 Å². The summed E-state index contributed by atoms with van der Waals surface area (Å²) >= 11 is 0. The molecule has 0 atom stereocenters. The van der Waals surface area contributed by atoms with E-state index in [1.54, 1.807) is 12.1 Å². The second-order valence-corrected chi connectivity index (χ2v) is 13.3. The first-order valence-electron chi connectivity index (χ1n) is 13.5. The highest BCUT2D eigenvalue weighted by Gasteiger charge is 2.48. The molecule has 0 fully saturated rings. The van der Waals surface area contributed by atoms with Crippen molar-refractivity contribution in [1.82, 2.24) is 0 Å². The molecule has 0 aliphatic heterocycles. The number of fused-ring (bicyclic) bond motifs is 4. The zero-order valence-electron chi connectivity index (χ0n) is 23.0. The summed E-state index contributed by atoms with van der Waals surface area (Å²) in [5, 5.41) is 10.8. The van der Waals surface area contributed by atoms with Gasteiger partial charge in [0.05, 0.1) is 0 Å². The van der Waals surface area contributed by atoms with Crippen molar-refractivity contribution in [2.45, 2.75) is 31.7 Å². The zero-order chi connectivity index (χ0) is 29.6. The molecule has 210 valence electrons. The van der Waals surface area contributed by atoms with E-state index in [-0.39, 0.29) is 5.41 Å². The Morgan fingerprint density at radius 2 is 1.24 bits per heavy atom. The molecule has 0 radical (unpaired) electrons. The Kier molecular flexibility index (Phi) is 5.57. The monoisotopic (exact) mass is 582 g/mol. The summed E-state index contributed by atoms with van der Waals surface area (Å²) in [6.07, 6.45) is 0. The zero-order valence-corrected chi connectivity index (χ0v) is 23.8. The molecule has 7 rings (SSSR count). The van der Waals surface area contributed by atoms with Crippen molar-refractivity contribution in [3.8, 4) is 16.9 Å². The maximum absolute atomic E-state index is 12.8. The van der Waals surface area contributed by atoms with Crippen LogP contribution in [0.25, 0.3) is 65.0 Å². The van der Waals surface area contributed by atoms with Crippen LogP contribution in [0.2, 0.25) is 0 Å². The lowest BCUT2D eigenvalue weighted by molar-refractivity contribution is -0.0500. The molecule has 7 aromatic rings. The fraction of sp³-hybridized carbons (Fsp3) is 0.143. The van der Waals surface area contributed by atoms with Crippen LogP contribution in [-0.2, 0) is 15.5 Å². The van der Waals surface area contributed by atoms with E-state index in [1.807, 2.05) is 12.1 Å². The van der Waals surface area contributed by atoms with Crippen molar-refractivity contribution >= 4 is 64.0 Å². The molecule has 7 heteroatoms. The predicted molar refractivity (Wildman–Crippen MR) is 165 cm³/mol. The van der Waals surface area contributed by atoms with E-state index in [1.165, 1.54) is 55.4 Å². The average Bonchev–Trinajstić information content (AvgIpc) is 2.94. The van der Waals surface area contributed by atoms with Gasteiger partial charge in [0.15, 0.2) is 0 Å². The molecule has 0 spiro atoms. The van der Waals surface area contributed by atoms with E-state index < -0.39 is 21.4 Å². The number of alkyl halides is 3. The Morgan fingerprint density at radius 3 is 1.95 bits per heavy atom. The third kappa shape index (κ3) is 4.06. The summed E-state index contributed by atoms with van der Waals surface area (Å²) < 4.78 is 65.7. The summed E-state index contributed by atoms with van der Waals surface area (Å²) in [6, 6.07) is 31.5. The SMILES string of the molecule is CC(C)(C)c1cc2ccc3c(-c4ccc5cc(OS(=O)(=O)C(F)(F)F)ccc5c4)ccc4c5ccccc5c(c1)c2c34. The molecule has 0 saturated heterocycles. The summed E-state index contributed by atoms with van der Waals surface area (Å²) in [7, 11) is -5.75. The molecular weight excluding hydrogens is 557 g/mol. The summed E-state index contributed by atoms with van der Waals surface area (Å²) in [5.74, 6) is -0.392. The Labute approximate surface area is 240 Å². The molecule has 42 heavy (non-hydrogen) atoms. The van der Waals surface area contributed by atoms with Crippen LogP contribution >= 0.6 is 0 Å². The van der Waals surface area contributed by atoms with Crippen molar-refractivity contribution < 1.29 is 25.8 Å². The van der Waals surface area contributed by atoms with Gasteiger partial charge in [-0.1, -0.05) is 93.6 Å². The second-order valence-electron chi connectivity index (χ2n) is 11.8. The summed E-state index contributed by atoms with van der Waals surface area (Å²) in [5.41, 5.74) is -2.26. The molecular formula is C35H25F3O3S. The number of hydrogen-bond acceptors (Lipinski definition) is 3. The molecule has 0 amide bonds. The van der Waals surface area contributed by atoms with Gasteiger partial charge in [-0.2, -0.15) is 21.6 Å².